The topological polar surface area (TPSA) is 64.1 Å². The molecule has 0 unspecified atom stereocenters. The van der Waals surface area contributed by atoms with Crippen molar-refractivity contribution in [2.75, 3.05) is 5.73 Å². The summed E-state index contributed by atoms with van der Waals surface area (Å²) in [5, 5.41) is 13.4. The molecule has 0 radical (unpaired) electrons. The van der Waals surface area contributed by atoms with Crippen molar-refractivity contribution in [1.29, 1.82) is 0 Å². The zero-order valence-electron chi connectivity index (χ0n) is 8.41. The zero-order valence-corrected chi connectivity index (χ0v) is 9.99. The van der Waals surface area contributed by atoms with Crippen LogP contribution < -0.4 is 5.73 Å². The molecule has 1 aromatic heterocycles. The second kappa shape index (κ2) is 3.79. The number of hydrogen-bond donors (Lipinski definition) is 2. The molecule has 1 heterocycles. The molecule has 6 heteroatoms. The van der Waals surface area contributed by atoms with Gasteiger partial charge in [-0.1, -0.05) is 0 Å². The van der Waals surface area contributed by atoms with Crippen molar-refractivity contribution in [2.45, 2.75) is 0 Å². The van der Waals surface area contributed by atoms with E-state index in [4.69, 9.17) is 5.73 Å². The lowest BCUT2D eigenvalue weighted by Crippen LogP contribution is -1.96. The van der Waals surface area contributed by atoms with Crippen molar-refractivity contribution < 1.29 is 9.50 Å². The molecular weight excluding hydrogens is 277 g/mol. The van der Waals surface area contributed by atoms with Gasteiger partial charge >= 0.3 is 0 Å². The minimum absolute atomic E-state index is 0.284. The van der Waals surface area contributed by atoms with Gasteiger partial charge in [-0.15, -0.1) is 0 Å². The number of anilines is 1. The smallest absolute Gasteiger partial charge is 0.166 e. The minimum Gasteiger partial charge on any atom is -0.504 e. The van der Waals surface area contributed by atoms with Crippen LogP contribution in [0.1, 0.15) is 0 Å². The maximum Gasteiger partial charge on any atom is 0.166 e. The summed E-state index contributed by atoms with van der Waals surface area (Å²) in [4.78, 5) is 0. The Morgan fingerprint density at radius 1 is 1.44 bits per heavy atom. The SMILES string of the molecule is Cn1nc(-c2cc(F)c(O)c(Br)c2)cc1N. The lowest BCUT2D eigenvalue weighted by atomic mass is 10.1. The lowest BCUT2D eigenvalue weighted by molar-refractivity contribution is 0.429. The van der Waals surface area contributed by atoms with Crippen LogP contribution in [0.3, 0.4) is 0 Å². The average Bonchev–Trinajstić information content (AvgIpc) is 2.55. The van der Waals surface area contributed by atoms with E-state index in [1.54, 1.807) is 19.2 Å². The molecule has 16 heavy (non-hydrogen) atoms. The molecule has 0 amide bonds. The molecule has 0 spiro atoms. The van der Waals surface area contributed by atoms with Crippen LogP contribution in [0.2, 0.25) is 0 Å². The number of benzene rings is 1. The summed E-state index contributed by atoms with van der Waals surface area (Å²) in [6, 6.07) is 4.43. The highest BCUT2D eigenvalue weighted by atomic mass is 79.9. The van der Waals surface area contributed by atoms with Gasteiger partial charge in [0.15, 0.2) is 11.6 Å². The van der Waals surface area contributed by atoms with E-state index in [0.717, 1.165) is 0 Å². The number of aryl methyl sites for hydroxylation is 1. The van der Waals surface area contributed by atoms with Crippen LogP contribution in [-0.2, 0) is 7.05 Å². The van der Waals surface area contributed by atoms with Gasteiger partial charge in [-0.2, -0.15) is 5.10 Å². The van der Waals surface area contributed by atoms with E-state index in [9.17, 15) is 9.50 Å². The van der Waals surface area contributed by atoms with Crippen molar-refractivity contribution in [3.05, 3.63) is 28.5 Å². The van der Waals surface area contributed by atoms with Gasteiger partial charge in [0.05, 0.1) is 10.2 Å². The molecule has 0 bridgehead atoms. The van der Waals surface area contributed by atoms with Crippen LogP contribution in [0.4, 0.5) is 10.2 Å². The second-order valence-electron chi connectivity index (χ2n) is 3.37. The Morgan fingerprint density at radius 3 is 2.62 bits per heavy atom. The van der Waals surface area contributed by atoms with Crippen LogP contribution in [0.5, 0.6) is 5.75 Å². The molecule has 4 nitrogen and oxygen atoms in total. The zero-order chi connectivity index (χ0) is 11.9. The van der Waals surface area contributed by atoms with E-state index in [-0.39, 0.29) is 4.47 Å². The van der Waals surface area contributed by atoms with E-state index >= 15 is 0 Å². The number of halogens is 2. The first-order valence-corrected chi connectivity index (χ1v) is 5.26. The van der Waals surface area contributed by atoms with Crippen molar-refractivity contribution in [3.63, 3.8) is 0 Å². The summed E-state index contributed by atoms with van der Waals surface area (Å²) in [7, 11) is 1.70. The summed E-state index contributed by atoms with van der Waals surface area (Å²) >= 11 is 3.06. The molecular formula is C10H9BrFN3O. The van der Waals surface area contributed by atoms with E-state index in [1.807, 2.05) is 0 Å². The van der Waals surface area contributed by atoms with Gasteiger partial charge in [0.2, 0.25) is 0 Å². The Bertz CT molecular complexity index is 510. The van der Waals surface area contributed by atoms with Crippen LogP contribution in [-0.4, -0.2) is 14.9 Å². The van der Waals surface area contributed by atoms with Crippen LogP contribution in [0.15, 0.2) is 22.7 Å². The Balaban J connectivity index is 2.56. The first-order chi connectivity index (χ1) is 7.49. The summed E-state index contributed by atoms with van der Waals surface area (Å²) in [6.45, 7) is 0. The Hall–Kier alpha value is -1.56. The monoisotopic (exact) mass is 285 g/mol. The normalized spacial score (nSPS) is 10.7. The number of phenols is 1. The third kappa shape index (κ3) is 1.76. The van der Waals surface area contributed by atoms with E-state index in [1.165, 1.54) is 10.7 Å². The molecule has 0 aliphatic rings. The number of rotatable bonds is 1. The van der Waals surface area contributed by atoms with Crippen molar-refractivity contribution in [1.82, 2.24) is 9.78 Å². The van der Waals surface area contributed by atoms with Crippen molar-refractivity contribution in [2.24, 2.45) is 7.05 Å². The molecule has 0 atom stereocenters. The Morgan fingerprint density at radius 2 is 2.12 bits per heavy atom. The fourth-order valence-corrected chi connectivity index (χ4v) is 1.77. The highest BCUT2D eigenvalue weighted by Crippen LogP contribution is 2.32. The first kappa shape index (κ1) is 10.9. The maximum absolute atomic E-state index is 13.3. The van der Waals surface area contributed by atoms with Gasteiger partial charge in [-0.3, -0.25) is 4.68 Å². The molecule has 0 aliphatic carbocycles. The fourth-order valence-electron chi connectivity index (χ4n) is 1.34. The summed E-state index contributed by atoms with van der Waals surface area (Å²) in [5.74, 6) is -0.624. The van der Waals surface area contributed by atoms with Crippen molar-refractivity contribution in [3.8, 4) is 17.0 Å². The number of phenolic OH excluding ortho intramolecular Hbond substituents is 1. The van der Waals surface area contributed by atoms with Gasteiger partial charge in [-0.05, 0) is 28.1 Å². The van der Waals surface area contributed by atoms with E-state index < -0.39 is 11.6 Å². The summed E-state index contributed by atoms with van der Waals surface area (Å²) in [5.41, 5.74) is 6.74. The molecule has 0 aliphatic heterocycles. The summed E-state index contributed by atoms with van der Waals surface area (Å²) < 4.78 is 15.1. The first-order valence-electron chi connectivity index (χ1n) is 4.47. The molecule has 2 aromatic rings. The quantitative estimate of drug-likeness (QED) is 0.845. The van der Waals surface area contributed by atoms with Crippen molar-refractivity contribution >= 4 is 21.7 Å². The molecule has 1 aromatic carbocycles. The number of nitrogen functional groups attached to an aromatic ring is 1. The number of hydrogen-bond acceptors (Lipinski definition) is 3. The van der Waals surface area contributed by atoms with Gasteiger partial charge in [-0.25, -0.2) is 4.39 Å². The third-order valence-electron chi connectivity index (χ3n) is 2.23. The minimum atomic E-state index is -0.700. The number of aromatic hydroxyl groups is 1. The highest BCUT2D eigenvalue weighted by molar-refractivity contribution is 9.10. The number of nitrogens with zero attached hydrogens (tertiary/aromatic N) is 2. The molecule has 3 N–H and O–H groups in total. The molecule has 0 fully saturated rings. The second-order valence-corrected chi connectivity index (χ2v) is 4.22. The Kier molecular flexibility index (Phi) is 2.59. The van der Waals surface area contributed by atoms with Gasteiger partial charge < -0.3 is 10.8 Å². The van der Waals surface area contributed by atoms with Crippen LogP contribution >= 0.6 is 15.9 Å². The standard InChI is InChI=1S/C10H9BrFN3O/c1-15-9(13)4-8(14-15)5-2-6(11)10(16)7(12)3-5/h2-4,16H,13H2,1H3. The fraction of sp³-hybridized carbons (Fsp3) is 0.100. The molecule has 2 rings (SSSR count). The average molecular weight is 286 g/mol. The molecule has 84 valence electrons. The Labute approximate surface area is 99.6 Å². The van der Waals surface area contributed by atoms with E-state index in [0.29, 0.717) is 17.1 Å². The lowest BCUT2D eigenvalue weighted by Gasteiger charge is -2.02. The molecule has 0 saturated carbocycles. The number of nitrogens with two attached hydrogens (primary N) is 1. The number of aromatic nitrogens is 2. The van der Waals surface area contributed by atoms with Gasteiger partial charge in [0.25, 0.3) is 0 Å². The van der Waals surface area contributed by atoms with E-state index in [2.05, 4.69) is 21.0 Å². The highest BCUT2D eigenvalue weighted by Gasteiger charge is 2.11. The largest absolute Gasteiger partial charge is 0.504 e. The van der Waals surface area contributed by atoms with Gasteiger partial charge in [0.1, 0.15) is 5.82 Å². The molecule has 0 saturated heterocycles. The maximum atomic E-state index is 13.3. The predicted octanol–water partition coefficient (Wildman–Crippen LogP) is 2.28. The predicted molar refractivity (Wildman–Crippen MR) is 62.4 cm³/mol. The third-order valence-corrected chi connectivity index (χ3v) is 2.83. The van der Waals surface area contributed by atoms with Crippen LogP contribution in [0.25, 0.3) is 11.3 Å². The van der Waals surface area contributed by atoms with Crippen LogP contribution in [0, 0.1) is 5.82 Å². The van der Waals surface area contributed by atoms with Gasteiger partial charge in [0, 0.05) is 18.7 Å². The summed E-state index contributed by atoms with van der Waals surface area (Å²) in [6.07, 6.45) is 0.